The van der Waals surface area contributed by atoms with Gasteiger partial charge in [0.25, 0.3) is 5.91 Å². The van der Waals surface area contributed by atoms with Crippen LogP contribution in [0.1, 0.15) is 35.2 Å². The number of hydrogen-bond acceptors (Lipinski definition) is 3. The predicted octanol–water partition coefficient (Wildman–Crippen LogP) is 1.02. The Labute approximate surface area is 119 Å². The van der Waals surface area contributed by atoms with Crippen molar-refractivity contribution in [3.63, 3.8) is 0 Å². The molecule has 0 radical (unpaired) electrons. The highest BCUT2D eigenvalue weighted by Gasteiger charge is 2.22. The molecule has 1 unspecified atom stereocenters. The first-order valence-corrected chi connectivity index (χ1v) is 6.88. The van der Waals surface area contributed by atoms with Gasteiger partial charge < -0.3 is 15.1 Å². The molecule has 0 saturated carbocycles. The quantitative estimate of drug-likeness (QED) is 0.791. The number of benzene rings is 1. The van der Waals surface area contributed by atoms with Crippen LogP contribution in [0.15, 0.2) is 24.3 Å². The summed E-state index contributed by atoms with van der Waals surface area (Å²) in [5.41, 5.74) is 1.36. The molecule has 1 aromatic carbocycles. The summed E-state index contributed by atoms with van der Waals surface area (Å²) < 4.78 is 0. The molecule has 1 heterocycles. The molecule has 4 nitrogen and oxygen atoms in total. The molecule has 1 aromatic rings. The van der Waals surface area contributed by atoms with Gasteiger partial charge in [-0.25, -0.2) is 0 Å². The zero-order valence-electron chi connectivity index (χ0n) is 11.4. The van der Waals surface area contributed by atoms with Crippen LogP contribution < -0.4 is 0 Å². The van der Waals surface area contributed by atoms with Gasteiger partial charge >= 0.3 is 0 Å². The number of aliphatic hydroxyl groups is 2. The Balaban J connectivity index is 2.10. The van der Waals surface area contributed by atoms with E-state index in [0.29, 0.717) is 25.1 Å². The molecule has 2 N–H and O–H groups in total. The Bertz CT molecular complexity index is 530. The Morgan fingerprint density at radius 3 is 3.05 bits per heavy atom. The van der Waals surface area contributed by atoms with E-state index in [0.717, 1.165) is 18.4 Å². The summed E-state index contributed by atoms with van der Waals surface area (Å²) in [6.45, 7) is 1.13. The smallest absolute Gasteiger partial charge is 0.253 e. The maximum Gasteiger partial charge on any atom is 0.253 e. The van der Waals surface area contributed by atoms with Crippen molar-refractivity contribution < 1.29 is 15.0 Å². The third kappa shape index (κ3) is 3.83. The highest BCUT2D eigenvalue weighted by molar-refractivity contribution is 5.94. The van der Waals surface area contributed by atoms with Crippen molar-refractivity contribution >= 4 is 5.91 Å². The average Bonchev–Trinajstić information content (AvgIpc) is 2.47. The number of nitrogens with zero attached hydrogens (tertiary/aromatic N) is 1. The van der Waals surface area contributed by atoms with E-state index in [2.05, 4.69) is 11.8 Å². The fourth-order valence-electron chi connectivity index (χ4n) is 2.27. The highest BCUT2D eigenvalue weighted by Crippen LogP contribution is 2.14. The molecule has 1 saturated heterocycles. The van der Waals surface area contributed by atoms with Crippen molar-refractivity contribution in [1.29, 1.82) is 0 Å². The van der Waals surface area contributed by atoms with Crippen LogP contribution >= 0.6 is 0 Å². The van der Waals surface area contributed by atoms with Crippen LogP contribution in [0.2, 0.25) is 0 Å². The van der Waals surface area contributed by atoms with Crippen LogP contribution in [-0.2, 0) is 0 Å². The minimum absolute atomic E-state index is 0.0390. The molecule has 1 aliphatic heterocycles. The lowest BCUT2D eigenvalue weighted by molar-refractivity contribution is 0.0473. The Hall–Kier alpha value is -1.83. The second-order valence-electron chi connectivity index (χ2n) is 4.90. The van der Waals surface area contributed by atoms with Crippen LogP contribution in [0.5, 0.6) is 0 Å². The van der Waals surface area contributed by atoms with E-state index in [1.807, 2.05) is 6.07 Å². The molecule has 0 spiro atoms. The van der Waals surface area contributed by atoms with Crippen LogP contribution in [0.4, 0.5) is 0 Å². The SMILES string of the molecule is O=C(c1cccc(C#CCCO)c1)N1CCCC(O)C1. The van der Waals surface area contributed by atoms with Gasteiger partial charge in [-0.05, 0) is 31.0 Å². The number of hydrogen-bond donors (Lipinski definition) is 2. The van der Waals surface area contributed by atoms with E-state index in [1.165, 1.54) is 0 Å². The van der Waals surface area contributed by atoms with Gasteiger partial charge in [0.1, 0.15) is 0 Å². The molecule has 20 heavy (non-hydrogen) atoms. The molecule has 1 atom stereocenters. The zero-order chi connectivity index (χ0) is 14.4. The minimum Gasteiger partial charge on any atom is -0.395 e. The van der Waals surface area contributed by atoms with E-state index in [-0.39, 0.29) is 12.5 Å². The van der Waals surface area contributed by atoms with Crippen LogP contribution in [0.3, 0.4) is 0 Å². The number of carbonyl (C=O) groups is 1. The number of β-amino-alcohol motifs (C(OH)–C–C–N with tert-alkyl or cyclic N) is 1. The lowest BCUT2D eigenvalue weighted by Crippen LogP contribution is -2.42. The molecule has 1 fully saturated rings. The molecular weight excluding hydrogens is 254 g/mol. The summed E-state index contributed by atoms with van der Waals surface area (Å²) in [5.74, 6) is 5.70. The van der Waals surface area contributed by atoms with E-state index in [4.69, 9.17) is 5.11 Å². The largest absolute Gasteiger partial charge is 0.395 e. The fourth-order valence-corrected chi connectivity index (χ4v) is 2.27. The van der Waals surface area contributed by atoms with E-state index in [9.17, 15) is 9.90 Å². The molecule has 2 rings (SSSR count). The van der Waals surface area contributed by atoms with Gasteiger partial charge in [-0.1, -0.05) is 17.9 Å². The molecule has 4 heteroatoms. The Morgan fingerprint density at radius 2 is 2.30 bits per heavy atom. The number of aliphatic hydroxyl groups excluding tert-OH is 2. The third-order valence-corrected chi connectivity index (χ3v) is 3.26. The van der Waals surface area contributed by atoms with Crippen LogP contribution in [-0.4, -0.2) is 46.8 Å². The molecule has 0 aromatic heterocycles. The molecule has 0 aliphatic carbocycles. The summed E-state index contributed by atoms with van der Waals surface area (Å²) in [6, 6.07) is 7.16. The van der Waals surface area contributed by atoms with Gasteiger partial charge in [0, 0.05) is 30.6 Å². The number of piperidine rings is 1. The Morgan fingerprint density at radius 1 is 1.45 bits per heavy atom. The number of carbonyl (C=O) groups excluding carboxylic acids is 1. The summed E-state index contributed by atoms with van der Waals surface area (Å²) in [7, 11) is 0. The van der Waals surface area contributed by atoms with Gasteiger partial charge in [0.15, 0.2) is 0 Å². The van der Waals surface area contributed by atoms with Crippen molar-refractivity contribution in [3.05, 3.63) is 35.4 Å². The van der Waals surface area contributed by atoms with Crippen molar-refractivity contribution in [2.24, 2.45) is 0 Å². The second-order valence-corrected chi connectivity index (χ2v) is 4.90. The maximum absolute atomic E-state index is 12.4. The molecular formula is C16H19NO3. The zero-order valence-corrected chi connectivity index (χ0v) is 11.4. The number of likely N-dealkylation sites (tertiary alicyclic amines) is 1. The number of amides is 1. The molecule has 1 amide bonds. The Kier molecular flexibility index (Phi) is 5.16. The first kappa shape index (κ1) is 14.6. The standard InChI is InChI=1S/C16H19NO3/c18-10-2-1-5-13-6-3-7-14(11-13)16(20)17-9-4-8-15(19)12-17/h3,6-7,11,15,18-19H,2,4,8-10,12H2. The van der Waals surface area contributed by atoms with Crippen LogP contribution in [0.25, 0.3) is 0 Å². The molecule has 106 valence electrons. The van der Waals surface area contributed by atoms with Crippen molar-refractivity contribution in [1.82, 2.24) is 4.90 Å². The van der Waals surface area contributed by atoms with Gasteiger partial charge in [0.05, 0.1) is 12.7 Å². The fraction of sp³-hybridized carbons (Fsp3) is 0.438. The lowest BCUT2D eigenvalue weighted by atomic mass is 10.1. The third-order valence-electron chi connectivity index (χ3n) is 3.26. The highest BCUT2D eigenvalue weighted by atomic mass is 16.3. The van der Waals surface area contributed by atoms with Gasteiger partial charge in [-0.15, -0.1) is 0 Å². The summed E-state index contributed by atoms with van der Waals surface area (Å²) in [6.07, 6.45) is 1.61. The summed E-state index contributed by atoms with van der Waals surface area (Å²) in [4.78, 5) is 14.0. The van der Waals surface area contributed by atoms with E-state index >= 15 is 0 Å². The average molecular weight is 273 g/mol. The first-order chi connectivity index (χ1) is 9.70. The second kappa shape index (κ2) is 7.09. The topological polar surface area (TPSA) is 60.8 Å². The maximum atomic E-state index is 12.4. The van der Waals surface area contributed by atoms with Crippen molar-refractivity contribution in [2.45, 2.75) is 25.4 Å². The van der Waals surface area contributed by atoms with E-state index < -0.39 is 6.10 Å². The summed E-state index contributed by atoms with van der Waals surface area (Å²) >= 11 is 0. The first-order valence-electron chi connectivity index (χ1n) is 6.88. The molecule has 1 aliphatic rings. The predicted molar refractivity (Wildman–Crippen MR) is 76.2 cm³/mol. The van der Waals surface area contributed by atoms with Gasteiger partial charge in [0.2, 0.25) is 0 Å². The van der Waals surface area contributed by atoms with Crippen LogP contribution in [0, 0.1) is 11.8 Å². The lowest BCUT2D eigenvalue weighted by Gasteiger charge is -2.30. The summed E-state index contributed by atoms with van der Waals surface area (Å²) in [5, 5.41) is 18.3. The normalized spacial score (nSPS) is 18.3. The van der Waals surface area contributed by atoms with Gasteiger partial charge in [-0.3, -0.25) is 4.79 Å². The van der Waals surface area contributed by atoms with Crippen molar-refractivity contribution in [2.75, 3.05) is 19.7 Å². The van der Waals surface area contributed by atoms with E-state index in [1.54, 1.807) is 23.1 Å². The monoisotopic (exact) mass is 273 g/mol. The number of rotatable bonds is 2. The minimum atomic E-state index is -0.416. The van der Waals surface area contributed by atoms with Crippen molar-refractivity contribution in [3.8, 4) is 11.8 Å². The molecule has 0 bridgehead atoms. The van der Waals surface area contributed by atoms with Gasteiger partial charge in [-0.2, -0.15) is 0 Å².